The highest BCUT2D eigenvalue weighted by Gasteiger charge is 2.23. The molecule has 1 aliphatic heterocycles. The van der Waals surface area contributed by atoms with Crippen LogP contribution in [0.3, 0.4) is 0 Å². The van der Waals surface area contributed by atoms with Crippen LogP contribution in [0, 0.1) is 12.7 Å². The minimum absolute atomic E-state index is 0.126. The van der Waals surface area contributed by atoms with Crippen molar-refractivity contribution in [2.24, 2.45) is 0 Å². The number of morpholine rings is 1. The van der Waals surface area contributed by atoms with E-state index in [9.17, 15) is 4.39 Å². The molecule has 0 amide bonds. The summed E-state index contributed by atoms with van der Waals surface area (Å²) in [6.07, 6.45) is -0.126. The van der Waals surface area contributed by atoms with Gasteiger partial charge in [0, 0.05) is 18.8 Å². The van der Waals surface area contributed by atoms with Gasteiger partial charge in [-0.15, -0.1) is 0 Å². The number of benzene rings is 1. The van der Waals surface area contributed by atoms with Crippen LogP contribution in [-0.4, -0.2) is 24.7 Å². The molecule has 2 aromatic rings. The van der Waals surface area contributed by atoms with E-state index in [2.05, 4.69) is 9.88 Å². The van der Waals surface area contributed by atoms with E-state index < -0.39 is 5.82 Å². The molecule has 1 aliphatic rings. The summed E-state index contributed by atoms with van der Waals surface area (Å²) in [5.41, 5.74) is 1.87. The van der Waals surface area contributed by atoms with Gasteiger partial charge in [-0.2, -0.15) is 0 Å². The molecule has 1 atom stereocenters. The summed E-state index contributed by atoms with van der Waals surface area (Å²) in [5, 5.41) is 0.127. The third kappa shape index (κ3) is 3.17. The molecule has 0 spiro atoms. The van der Waals surface area contributed by atoms with Crippen LogP contribution in [0.2, 0.25) is 5.02 Å². The molecule has 3 rings (SSSR count). The third-order valence-corrected chi connectivity index (χ3v) is 3.87. The number of nitrogens with zero attached hydrogens (tertiary/aromatic N) is 2. The van der Waals surface area contributed by atoms with Crippen LogP contribution in [0.15, 0.2) is 36.4 Å². The number of pyridine rings is 1. The number of hydrogen-bond acceptors (Lipinski definition) is 3. The fraction of sp³-hybridized carbons (Fsp3) is 0.312. The first-order valence-corrected chi connectivity index (χ1v) is 7.26. The van der Waals surface area contributed by atoms with Crippen molar-refractivity contribution >= 4 is 17.4 Å². The maximum atomic E-state index is 13.3. The van der Waals surface area contributed by atoms with E-state index in [0.717, 1.165) is 23.6 Å². The maximum absolute atomic E-state index is 13.3. The smallest absolute Gasteiger partial charge is 0.141 e. The molecule has 1 saturated heterocycles. The summed E-state index contributed by atoms with van der Waals surface area (Å²) >= 11 is 5.85. The molecule has 0 bridgehead atoms. The first-order chi connectivity index (χ1) is 10.1. The number of anilines is 1. The molecule has 3 nitrogen and oxygen atoms in total. The van der Waals surface area contributed by atoms with Crippen LogP contribution in [0.4, 0.5) is 10.2 Å². The highest BCUT2D eigenvalue weighted by molar-refractivity contribution is 6.30. The standard InChI is InChI=1S/C16H16ClFN2O/c1-11-3-2-4-16(19-11)20-7-8-21-15(10-20)12-5-6-14(18)13(17)9-12/h2-6,9,15H,7-8,10H2,1H3. The quantitative estimate of drug-likeness (QED) is 0.844. The molecular weight excluding hydrogens is 291 g/mol. The second kappa shape index (κ2) is 6.00. The topological polar surface area (TPSA) is 25.4 Å². The van der Waals surface area contributed by atoms with Gasteiger partial charge in [0.05, 0.1) is 11.6 Å². The van der Waals surface area contributed by atoms with E-state index in [0.29, 0.717) is 13.2 Å². The van der Waals surface area contributed by atoms with Crippen molar-refractivity contribution in [1.82, 2.24) is 4.98 Å². The van der Waals surface area contributed by atoms with Gasteiger partial charge in [0.25, 0.3) is 0 Å². The molecule has 1 aromatic carbocycles. The van der Waals surface area contributed by atoms with Crippen LogP contribution >= 0.6 is 11.6 Å². The van der Waals surface area contributed by atoms with Gasteiger partial charge in [-0.1, -0.05) is 23.7 Å². The Balaban J connectivity index is 1.80. The second-order valence-electron chi connectivity index (χ2n) is 5.12. The Morgan fingerprint density at radius 1 is 1.33 bits per heavy atom. The van der Waals surface area contributed by atoms with Gasteiger partial charge in [-0.3, -0.25) is 0 Å². The molecular formula is C16H16ClFN2O. The van der Waals surface area contributed by atoms with Crippen molar-refractivity contribution in [2.75, 3.05) is 24.6 Å². The maximum Gasteiger partial charge on any atom is 0.141 e. The fourth-order valence-electron chi connectivity index (χ4n) is 2.48. The predicted molar refractivity (Wildman–Crippen MR) is 81.3 cm³/mol. The summed E-state index contributed by atoms with van der Waals surface area (Å²) in [4.78, 5) is 6.72. The van der Waals surface area contributed by atoms with Crippen molar-refractivity contribution in [3.8, 4) is 0 Å². The van der Waals surface area contributed by atoms with E-state index in [1.165, 1.54) is 6.07 Å². The zero-order valence-electron chi connectivity index (χ0n) is 11.7. The lowest BCUT2D eigenvalue weighted by molar-refractivity contribution is 0.0395. The summed E-state index contributed by atoms with van der Waals surface area (Å²) in [5.74, 6) is 0.532. The molecule has 110 valence electrons. The van der Waals surface area contributed by atoms with Crippen LogP contribution < -0.4 is 4.90 Å². The van der Waals surface area contributed by atoms with E-state index in [-0.39, 0.29) is 11.1 Å². The average Bonchev–Trinajstić information content (AvgIpc) is 2.50. The fourth-order valence-corrected chi connectivity index (χ4v) is 2.67. The van der Waals surface area contributed by atoms with Gasteiger partial charge < -0.3 is 9.64 Å². The molecule has 0 aliphatic carbocycles. The average molecular weight is 307 g/mol. The number of hydrogen-bond donors (Lipinski definition) is 0. The Morgan fingerprint density at radius 3 is 2.95 bits per heavy atom. The van der Waals surface area contributed by atoms with E-state index in [1.54, 1.807) is 12.1 Å². The lowest BCUT2D eigenvalue weighted by atomic mass is 10.1. The molecule has 0 N–H and O–H groups in total. The van der Waals surface area contributed by atoms with Gasteiger partial charge in [0.2, 0.25) is 0 Å². The Kier molecular flexibility index (Phi) is 4.08. The zero-order chi connectivity index (χ0) is 14.8. The molecule has 21 heavy (non-hydrogen) atoms. The van der Waals surface area contributed by atoms with Gasteiger partial charge >= 0.3 is 0 Å². The van der Waals surface area contributed by atoms with Crippen molar-refractivity contribution in [3.63, 3.8) is 0 Å². The third-order valence-electron chi connectivity index (χ3n) is 3.58. The molecule has 2 heterocycles. The van der Waals surface area contributed by atoms with Gasteiger partial charge in [0.1, 0.15) is 17.7 Å². The Bertz CT molecular complexity index is 650. The minimum Gasteiger partial charge on any atom is -0.370 e. The lowest BCUT2D eigenvalue weighted by Crippen LogP contribution is -2.38. The molecule has 0 radical (unpaired) electrons. The summed E-state index contributed by atoms with van der Waals surface area (Å²) in [6, 6.07) is 10.7. The van der Waals surface area contributed by atoms with Crippen molar-refractivity contribution < 1.29 is 9.13 Å². The highest BCUT2D eigenvalue weighted by atomic mass is 35.5. The largest absolute Gasteiger partial charge is 0.370 e. The first-order valence-electron chi connectivity index (χ1n) is 6.88. The SMILES string of the molecule is Cc1cccc(N2CCOC(c3ccc(F)c(Cl)c3)C2)n1. The normalized spacial score (nSPS) is 18.8. The van der Waals surface area contributed by atoms with Gasteiger partial charge in [-0.25, -0.2) is 9.37 Å². The number of aromatic nitrogens is 1. The van der Waals surface area contributed by atoms with Crippen LogP contribution in [0.25, 0.3) is 0 Å². The zero-order valence-corrected chi connectivity index (χ0v) is 12.5. The van der Waals surface area contributed by atoms with E-state index >= 15 is 0 Å². The second-order valence-corrected chi connectivity index (χ2v) is 5.52. The number of halogens is 2. The number of ether oxygens (including phenoxy) is 1. The van der Waals surface area contributed by atoms with Crippen LogP contribution in [0.5, 0.6) is 0 Å². The molecule has 1 unspecified atom stereocenters. The monoisotopic (exact) mass is 306 g/mol. The van der Waals surface area contributed by atoms with E-state index in [4.69, 9.17) is 16.3 Å². The minimum atomic E-state index is -0.409. The van der Waals surface area contributed by atoms with Crippen molar-refractivity contribution in [2.45, 2.75) is 13.0 Å². The van der Waals surface area contributed by atoms with Crippen LogP contribution in [-0.2, 0) is 4.74 Å². The lowest BCUT2D eigenvalue weighted by Gasteiger charge is -2.34. The number of aryl methyl sites for hydroxylation is 1. The van der Waals surface area contributed by atoms with Gasteiger partial charge in [0.15, 0.2) is 0 Å². The summed E-state index contributed by atoms with van der Waals surface area (Å²) in [7, 11) is 0. The summed E-state index contributed by atoms with van der Waals surface area (Å²) in [6.45, 7) is 4.05. The van der Waals surface area contributed by atoms with Crippen molar-refractivity contribution in [1.29, 1.82) is 0 Å². The van der Waals surface area contributed by atoms with E-state index in [1.807, 2.05) is 25.1 Å². The molecule has 1 aromatic heterocycles. The molecule has 1 fully saturated rings. The predicted octanol–water partition coefficient (Wildman–Crippen LogP) is 3.76. The Morgan fingerprint density at radius 2 is 2.19 bits per heavy atom. The first kappa shape index (κ1) is 14.3. The highest BCUT2D eigenvalue weighted by Crippen LogP contribution is 2.27. The molecule has 5 heteroatoms. The summed E-state index contributed by atoms with van der Waals surface area (Å²) < 4.78 is 19.0. The van der Waals surface area contributed by atoms with Crippen molar-refractivity contribution in [3.05, 3.63) is 58.5 Å². The van der Waals surface area contributed by atoms with Gasteiger partial charge in [-0.05, 0) is 36.8 Å². The van der Waals surface area contributed by atoms with Crippen LogP contribution in [0.1, 0.15) is 17.4 Å². The molecule has 0 saturated carbocycles. The Hall–Kier alpha value is -1.65. The Labute approximate surface area is 128 Å². The number of rotatable bonds is 2.